The van der Waals surface area contributed by atoms with Gasteiger partial charge in [0.05, 0.1) is 5.92 Å². The molecule has 3 aliphatic rings. The van der Waals surface area contributed by atoms with Crippen LogP contribution in [-0.4, -0.2) is 36.5 Å². The number of likely N-dealkylation sites (tertiary alicyclic amines) is 1. The van der Waals surface area contributed by atoms with Crippen molar-refractivity contribution in [3.63, 3.8) is 0 Å². The van der Waals surface area contributed by atoms with Gasteiger partial charge in [0.1, 0.15) is 11.5 Å². The predicted molar refractivity (Wildman–Crippen MR) is 138 cm³/mol. The highest BCUT2D eigenvalue weighted by Crippen LogP contribution is 2.46. The van der Waals surface area contributed by atoms with Gasteiger partial charge >= 0.3 is 0 Å². The summed E-state index contributed by atoms with van der Waals surface area (Å²) >= 11 is 12.6. The van der Waals surface area contributed by atoms with Gasteiger partial charge in [-0.3, -0.25) is 9.69 Å². The number of piperidine rings is 1. The molecular formula is C28H32Cl2N2O2. The first-order valence-corrected chi connectivity index (χ1v) is 13.3. The van der Waals surface area contributed by atoms with Crippen LogP contribution in [0.1, 0.15) is 68.4 Å². The zero-order valence-corrected chi connectivity index (χ0v) is 21.0. The number of hydrogen-bond acceptors (Lipinski definition) is 3. The molecule has 2 aliphatic heterocycles. The van der Waals surface area contributed by atoms with E-state index in [1.807, 2.05) is 24.3 Å². The first kappa shape index (κ1) is 23.7. The molecule has 2 heterocycles. The Labute approximate surface area is 212 Å². The van der Waals surface area contributed by atoms with Crippen LogP contribution >= 0.6 is 23.2 Å². The van der Waals surface area contributed by atoms with E-state index in [2.05, 4.69) is 16.3 Å². The van der Waals surface area contributed by atoms with Gasteiger partial charge in [-0.1, -0.05) is 47.7 Å². The highest BCUT2D eigenvalue weighted by molar-refractivity contribution is 6.31. The van der Waals surface area contributed by atoms with Gasteiger partial charge in [0.2, 0.25) is 5.91 Å². The molecule has 0 aromatic heterocycles. The largest absolute Gasteiger partial charge is 0.457 e. The number of rotatable bonds is 4. The SMILES string of the molecule is O=C(NC1CCN(C/C2=C/CCCCCC2)CC1)C1c2cc(Cl)ccc2Oc2ccc(Cl)cc21. The maximum absolute atomic E-state index is 13.6. The molecule has 1 N–H and O–H groups in total. The number of amides is 1. The van der Waals surface area contributed by atoms with E-state index in [1.165, 1.54) is 38.5 Å². The Hall–Kier alpha value is -2.01. The van der Waals surface area contributed by atoms with Gasteiger partial charge in [0.25, 0.3) is 0 Å². The number of allylic oxidation sites excluding steroid dienone is 1. The van der Waals surface area contributed by atoms with E-state index in [0.29, 0.717) is 21.5 Å². The van der Waals surface area contributed by atoms with Crippen LogP contribution in [0.5, 0.6) is 11.5 Å². The van der Waals surface area contributed by atoms with E-state index >= 15 is 0 Å². The maximum atomic E-state index is 13.6. The Morgan fingerprint density at radius 1 is 0.941 bits per heavy atom. The molecular weight excluding hydrogens is 467 g/mol. The van der Waals surface area contributed by atoms with Crippen LogP contribution in [0.2, 0.25) is 10.0 Å². The van der Waals surface area contributed by atoms with Gasteiger partial charge in [0.15, 0.2) is 0 Å². The summed E-state index contributed by atoms with van der Waals surface area (Å²) in [5, 5.41) is 4.50. The van der Waals surface area contributed by atoms with E-state index in [1.54, 1.807) is 17.7 Å². The molecule has 1 fully saturated rings. The molecule has 0 radical (unpaired) electrons. The topological polar surface area (TPSA) is 41.6 Å². The minimum Gasteiger partial charge on any atom is -0.457 e. The second-order valence-electron chi connectivity index (χ2n) is 9.77. The van der Waals surface area contributed by atoms with Crippen LogP contribution in [-0.2, 0) is 4.79 Å². The molecule has 2 aromatic carbocycles. The molecule has 0 saturated carbocycles. The zero-order chi connectivity index (χ0) is 23.5. The number of ether oxygens (including phenoxy) is 1. The van der Waals surface area contributed by atoms with Crippen molar-refractivity contribution in [2.24, 2.45) is 0 Å². The number of carbonyl (C=O) groups is 1. The lowest BCUT2D eigenvalue weighted by Gasteiger charge is -2.34. The number of halogens is 2. The van der Waals surface area contributed by atoms with Gasteiger partial charge < -0.3 is 10.1 Å². The van der Waals surface area contributed by atoms with E-state index in [-0.39, 0.29) is 11.9 Å². The third-order valence-corrected chi connectivity index (χ3v) is 7.76. The van der Waals surface area contributed by atoms with Crippen molar-refractivity contribution in [1.29, 1.82) is 0 Å². The fraction of sp³-hybridized carbons (Fsp3) is 0.464. The van der Waals surface area contributed by atoms with Gasteiger partial charge in [0, 0.05) is 46.8 Å². The summed E-state index contributed by atoms with van der Waals surface area (Å²) in [7, 11) is 0. The first-order chi connectivity index (χ1) is 16.6. The lowest BCUT2D eigenvalue weighted by atomic mass is 9.86. The van der Waals surface area contributed by atoms with Crippen LogP contribution in [0, 0.1) is 0 Å². The number of benzene rings is 2. The Morgan fingerprint density at radius 3 is 2.26 bits per heavy atom. The molecule has 0 unspecified atom stereocenters. The van der Waals surface area contributed by atoms with Crippen molar-refractivity contribution in [2.45, 2.75) is 63.3 Å². The minimum absolute atomic E-state index is 0.0171. The summed E-state index contributed by atoms with van der Waals surface area (Å²) in [6, 6.07) is 11.1. The van der Waals surface area contributed by atoms with E-state index < -0.39 is 5.92 Å². The molecule has 180 valence electrons. The zero-order valence-electron chi connectivity index (χ0n) is 19.5. The van der Waals surface area contributed by atoms with Crippen LogP contribution in [0.25, 0.3) is 0 Å². The van der Waals surface area contributed by atoms with Gasteiger partial charge in [-0.2, -0.15) is 0 Å². The summed E-state index contributed by atoms with van der Waals surface area (Å²) in [4.78, 5) is 16.2. The lowest BCUT2D eigenvalue weighted by molar-refractivity contribution is -0.122. The highest BCUT2D eigenvalue weighted by Gasteiger charge is 2.34. The number of hydrogen-bond donors (Lipinski definition) is 1. The fourth-order valence-corrected chi connectivity index (χ4v) is 5.81. The Morgan fingerprint density at radius 2 is 1.59 bits per heavy atom. The maximum Gasteiger partial charge on any atom is 0.232 e. The summed E-state index contributed by atoms with van der Waals surface area (Å²) in [6.45, 7) is 3.11. The van der Waals surface area contributed by atoms with Crippen molar-refractivity contribution in [3.8, 4) is 11.5 Å². The number of nitrogens with one attached hydrogen (secondary N) is 1. The van der Waals surface area contributed by atoms with Crippen molar-refractivity contribution in [2.75, 3.05) is 19.6 Å². The molecule has 1 aliphatic carbocycles. The minimum atomic E-state index is -0.491. The van der Waals surface area contributed by atoms with Crippen molar-refractivity contribution in [1.82, 2.24) is 10.2 Å². The third kappa shape index (κ3) is 5.45. The molecule has 5 rings (SSSR count). The molecule has 6 heteroatoms. The van der Waals surface area contributed by atoms with Crippen LogP contribution in [0.3, 0.4) is 0 Å². The molecule has 1 amide bonds. The monoisotopic (exact) mass is 498 g/mol. The summed E-state index contributed by atoms with van der Waals surface area (Å²) < 4.78 is 6.05. The Kier molecular flexibility index (Phi) is 7.48. The van der Waals surface area contributed by atoms with E-state index in [9.17, 15) is 4.79 Å². The molecule has 34 heavy (non-hydrogen) atoms. The standard InChI is InChI=1S/C28H32Cl2N2O2/c29-20-8-10-25-23(16-20)27(24-17-21(30)9-11-26(24)34-25)28(33)31-22-12-14-32(15-13-22)18-19-6-4-2-1-3-5-7-19/h6,8-11,16-17,22,27H,1-5,7,12-15,18H2,(H,31,33)/b19-6+. The van der Waals surface area contributed by atoms with Gasteiger partial charge in [-0.05, 0) is 74.9 Å². The fourth-order valence-electron chi connectivity index (χ4n) is 5.45. The number of fused-ring (bicyclic) bond motifs is 2. The molecule has 2 aromatic rings. The second-order valence-corrected chi connectivity index (χ2v) is 10.6. The highest BCUT2D eigenvalue weighted by atomic mass is 35.5. The van der Waals surface area contributed by atoms with Gasteiger partial charge in [-0.15, -0.1) is 0 Å². The van der Waals surface area contributed by atoms with Crippen molar-refractivity contribution in [3.05, 3.63) is 69.2 Å². The molecule has 4 nitrogen and oxygen atoms in total. The van der Waals surface area contributed by atoms with Crippen LogP contribution in [0.4, 0.5) is 0 Å². The lowest BCUT2D eigenvalue weighted by Crippen LogP contribution is -2.46. The first-order valence-electron chi connectivity index (χ1n) is 12.5. The second kappa shape index (κ2) is 10.7. The summed E-state index contributed by atoms with van der Waals surface area (Å²) in [5.74, 6) is 0.828. The number of carbonyl (C=O) groups excluding carboxylic acids is 1. The summed E-state index contributed by atoms with van der Waals surface area (Å²) in [6.07, 6.45) is 12.3. The predicted octanol–water partition coefficient (Wildman–Crippen LogP) is 7.09. The summed E-state index contributed by atoms with van der Waals surface area (Å²) in [5.41, 5.74) is 3.17. The Bertz CT molecular complexity index is 1020. The van der Waals surface area contributed by atoms with Crippen LogP contribution in [0.15, 0.2) is 48.0 Å². The average molecular weight is 499 g/mol. The molecule has 0 spiro atoms. The third-order valence-electron chi connectivity index (χ3n) is 7.29. The van der Waals surface area contributed by atoms with Gasteiger partial charge in [-0.25, -0.2) is 0 Å². The van der Waals surface area contributed by atoms with E-state index in [0.717, 1.165) is 43.6 Å². The van der Waals surface area contributed by atoms with Crippen molar-refractivity contribution >= 4 is 29.1 Å². The molecule has 0 atom stereocenters. The number of nitrogens with zero attached hydrogens (tertiary/aromatic N) is 1. The van der Waals surface area contributed by atoms with Crippen LogP contribution < -0.4 is 10.1 Å². The molecule has 1 saturated heterocycles. The smallest absolute Gasteiger partial charge is 0.232 e. The quantitative estimate of drug-likeness (QED) is 0.457. The molecule has 0 bridgehead atoms. The Balaban J connectivity index is 1.25. The normalized spacial score (nSPS) is 21.3. The van der Waals surface area contributed by atoms with E-state index in [4.69, 9.17) is 27.9 Å². The van der Waals surface area contributed by atoms with Crippen molar-refractivity contribution < 1.29 is 9.53 Å². The average Bonchev–Trinajstić information content (AvgIpc) is 2.80.